The quantitative estimate of drug-likeness (QED) is 0.669. The van der Waals surface area contributed by atoms with E-state index in [2.05, 4.69) is 5.32 Å². The summed E-state index contributed by atoms with van der Waals surface area (Å²) < 4.78 is 11.3. The summed E-state index contributed by atoms with van der Waals surface area (Å²) in [4.78, 5) is 11.9. The molecule has 0 heterocycles. The highest BCUT2D eigenvalue weighted by atomic mass is 16.5. The zero-order valence-electron chi connectivity index (χ0n) is 13.2. The van der Waals surface area contributed by atoms with Crippen molar-refractivity contribution in [2.75, 3.05) is 20.3 Å². The van der Waals surface area contributed by atoms with E-state index in [0.29, 0.717) is 25.1 Å². The van der Waals surface area contributed by atoms with E-state index < -0.39 is 0 Å². The van der Waals surface area contributed by atoms with Crippen LogP contribution in [0.1, 0.15) is 57.8 Å². The molecule has 1 amide bonds. The van der Waals surface area contributed by atoms with Crippen LogP contribution in [-0.2, 0) is 14.3 Å². The fourth-order valence-corrected chi connectivity index (χ4v) is 3.18. The van der Waals surface area contributed by atoms with Gasteiger partial charge in [-0.1, -0.05) is 0 Å². The highest BCUT2D eigenvalue weighted by Gasteiger charge is 2.38. The molecule has 0 spiro atoms. The predicted molar refractivity (Wildman–Crippen MR) is 82.0 cm³/mol. The van der Waals surface area contributed by atoms with Crippen molar-refractivity contribution in [3.05, 3.63) is 0 Å². The van der Waals surface area contributed by atoms with E-state index in [1.807, 2.05) is 0 Å². The zero-order chi connectivity index (χ0) is 15.1. The summed E-state index contributed by atoms with van der Waals surface area (Å²) in [6.45, 7) is 1.40. The third kappa shape index (κ3) is 5.24. The van der Waals surface area contributed by atoms with Crippen molar-refractivity contribution in [1.82, 2.24) is 5.32 Å². The normalized spacial score (nSPS) is 27.9. The molecule has 2 aliphatic carbocycles. The van der Waals surface area contributed by atoms with Crippen LogP contribution in [0.25, 0.3) is 0 Å². The van der Waals surface area contributed by atoms with Gasteiger partial charge in [-0.15, -0.1) is 0 Å². The predicted octanol–water partition coefficient (Wildman–Crippen LogP) is 1.74. The van der Waals surface area contributed by atoms with Gasteiger partial charge < -0.3 is 20.5 Å². The van der Waals surface area contributed by atoms with Crippen LogP contribution < -0.4 is 11.1 Å². The summed E-state index contributed by atoms with van der Waals surface area (Å²) in [5, 5.41) is 2.97. The van der Waals surface area contributed by atoms with Gasteiger partial charge in [-0.05, 0) is 51.4 Å². The van der Waals surface area contributed by atoms with E-state index in [0.717, 1.165) is 51.6 Å². The van der Waals surface area contributed by atoms with Gasteiger partial charge in [-0.25, -0.2) is 0 Å². The van der Waals surface area contributed by atoms with Gasteiger partial charge in [0.05, 0.1) is 18.1 Å². The number of carbonyl (C=O) groups excluding carboxylic acids is 1. The summed E-state index contributed by atoms with van der Waals surface area (Å²) in [7, 11) is 1.70. The number of hydrogen-bond donors (Lipinski definition) is 2. The summed E-state index contributed by atoms with van der Waals surface area (Å²) in [6, 6.07) is 0.365. The van der Waals surface area contributed by atoms with Gasteiger partial charge in [0.2, 0.25) is 5.91 Å². The van der Waals surface area contributed by atoms with Crippen molar-refractivity contribution in [3.8, 4) is 0 Å². The van der Waals surface area contributed by atoms with Crippen LogP contribution >= 0.6 is 0 Å². The van der Waals surface area contributed by atoms with Gasteiger partial charge >= 0.3 is 0 Å². The van der Waals surface area contributed by atoms with Gasteiger partial charge in [-0.2, -0.15) is 0 Å². The van der Waals surface area contributed by atoms with Gasteiger partial charge in [0.15, 0.2) is 0 Å². The van der Waals surface area contributed by atoms with E-state index in [9.17, 15) is 4.79 Å². The summed E-state index contributed by atoms with van der Waals surface area (Å²) in [5.41, 5.74) is 5.69. The number of methoxy groups -OCH3 is 1. The van der Waals surface area contributed by atoms with Crippen molar-refractivity contribution < 1.29 is 14.3 Å². The monoisotopic (exact) mass is 298 g/mol. The Hall–Kier alpha value is -0.650. The Morgan fingerprint density at radius 1 is 1.29 bits per heavy atom. The molecule has 5 heteroatoms. The molecule has 3 N–H and O–H groups in total. The first-order chi connectivity index (χ1) is 10.1. The average Bonchev–Trinajstić information content (AvgIpc) is 2.44. The summed E-state index contributed by atoms with van der Waals surface area (Å²) in [5.74, 6) is 0.0974. The maximum atomic E-state index is 11.9. The Labute approximate surface area is 127 Å². The molecule has 0 saturated heterocycles. The molecule has 2 aliphatic rings. The second-order valence-electron chi connectivity index (χ2n) is 6.53. The number of nitrogens with one attached hydrogen (secondary N) is 1. The lowest BCUT2D eigenvalue weighted by Crippen LogP contribution is -2.44. The van der Waals surface area contributed by atoms with Crippen LogP contribution in [0.15, 0.2) is 0 Å². The molecule has 2 rings (SSSR count). The fraction of sp³-hybridized carbons (Fsp3) is 0.938. The van der Waals surface area contributed by atoms with Crippen LogP contribution in [0, 0.1) is 0 Å². The lowest BCUT2D eigenvalue weighted by atomic mass is 9.77. The first kappa shape index (κ1) is 16.7. The Morgan fingerprint density at radius 2 is 2.00 bits per heavy atom. The summed E-state index contributed by atoms with van der Waals surface area (Å²) in [6.07, 6.45) is 9.19. The van der Waals surface area contributed by atoms with E-state index in [1.165, 1.54) is 6.42 Å². The Bertz CT molecular complexity index is 318. The molecule has 5 nitrogen and oxygen atoms in total. The summed E-state index contributed by atoms with van der Waals surface area (Å²) >= 11 is 0. The second kappa shape index (κ2) is 8.11. The number of rotatable bonds is 8. The number of nitrogens with two attached hydrogens (primary N) is 1. The van der Waals surface area contributed by atoms with Crippen molar-refractivity contribution in [2.24, 2.45) is 5.73 Å². The molecule has 0 atom stereocenters. The number of ether oxygens (including phenoxy) is 2. The molecule has 0 bridgehead atoms. The van der Waals surface area contributed by atoms with Crippen LogP contribution in [0.3, 0.4) is 0 Å². The molecule has 0 aliphatic heterocycles. The lowest BCUT2D eigenvalue weighted by Gasteiger charge is -2.39. The third-order valence-corrected chi connectivity index (χ3v) is 4.90. The number of carbonyl (C=O) groups is 1. The molecular formula is C16H30N2O3. The Kier molecular flexibility index (Phi) is 6.45. The molecule has 21 heavy (non-hydrogen) atoms. The zero-order valence-corrected chi connectivity index (χ0v) is 13.2. The topological polar surface area (TPSA) is 73.6 Å². The maximum absolute atomic E-state index is 11.9. The minimum atomic E-state index is -0.179. The number of hydrogen-bond acceptors (Lipinski definition) is 4. The first-order valence-electron chi connectivity index (χ1n) is 8.32. The Morgan fingerprint density at radius 3 is 2.57 bits per heavy atom. The molecule has 2 fully saturated rings. The van der Waals surface area contributed by atoms with Gasteiger partial charge in [0, 0.05) is 26.3 Å². The molecule has 0 radical (unpaired) electrons. The SMILES string of the molecule is COC1(CC(=O)NCCCOC2CCC(N)CC2)CCC1. The first-order valence-corrected chi connectivity index (χ1v) is 8.32. The van der Waals surface area contributed by atoms with Crippen LogP contribution in [-0.4, -0.2) is 43.9 Å². The molecule has 2 saturated carbocycles. The fourth-order valence-electron chi connectivity index (χ4n) is 3.18. The minimum absolute atomic E-state index is 0.0974. The molecular weight excluding hydrogens is 268 g/mol. The molecule has 0 aromatic heterocycles. The largest absolute Gasteiger partial charge is 0.378 e. The van der Waals surface area contributed by atoms with Crippen LogP contribution in [0.2, 0.25) is 0 Å². The van der Waals surface area contributed by atoms with Gasteiger partial charge in [-0.3, -0.25) is 4.79 Å². The van der Waals surface area contributed by atoms with E-state index in [4.69, 9.17) is 15.2 Å². The number of amides is 1. The third-order valence-electron chi connectivity index (χ3n) is 4.90. The second-order valence-corrected chi connectivity index (χ2v) is 6.53. The van der Waals surface area contributed by atoms with Crippen molar-refractivity contribution in [3.63, 3.8) is 0 Å². The van der Waals surface area contributed by atoms with Crippen LogP contribution in [0.4, 0.5) is 0 Å². The average molecular weight is 298 g/mol. The van der Waals surface area contributed by atoms with Gasteiger partial charge in [0.25, 0.3) is 0 Å². The highest BCUT2D eigenvalue weighted by Crippen LogP contribution is 2.37. The van der Waals surface area contributed by atoms with Crippen LogP contribution in [0.5, 0.6) is 0 Å². The minimum Gasteiger partial charge on any atom is -0.378 e. The van der Waals surface area contributed by atoms with Gasteiger partial charge in [0.1, 0.15) is 0 Å². The smallest absolute Gasteiger partial charge is 0.222 e. The van der Waals surface area contributed by atoms with Crippen molar-refractivity contribution in [1.29, 1.82) is 0 Å². The van der Waals surface area contributed by atoms with E-state index >= 15 is 0 Å². The molecule has 0 aromatic carbocycles. The van der Waals surface area contributed by atoms with E-state index in [-0.39, 0.29) is 11.5 Å². The molecule has 0 aromatic rings. The highest BCUT2D eigenvalue weighted by molar-refractivity contribution is 5.77. The maximum Gasteiger partial charge on any atom is 0.222 e. The van der Waals surface area contributed by atoms with Crippen molar-refractivity contribution >= 4 is 5.91 Å². The lowest BCUT2D eigenvalue weighted by molar-refractivity contribution is -0.134. The van der Waals surface area contributed by atoms with Crippen molar-refractivity contribution in [2.45, 2.75) is 75.5 Å². The Balaban J connectivity index is 1.48. The molecule has 0 unspecified atom stereocenters. The standard InChI is InChI=1S/C16H30N2O3/c1-20-16(8-2-9-16)12-15(19)18-10-3-11-21-14-6-4-13(17)5-7-14/h13-14H,2-12,17H2,1H3,(H,18,19). The van der Waals surface area contributed by atoms with E-state index in [1.54, 1.807) is 7.11 Å². The molecule has 122 valence electrons.